The van der Waals surface area contributed by atoms with Crippen molar-refractivity contribution >= 4 is 5.91 Å². The third-order valence-corrected chi connectivity index (χ3v) is 2.66. The quantitative estimate of drug-likeness (QED) is 0.764. The van der Waals surface area contributed by atoms with Crippen molar-refractivity contribution in [3.05, 3.63) is 17.0 Å². The van der Waals surface area contributed by atoms with Gasteiger partial charge in [-0.25, -0.2) is 0 Å². The van der Waals surface area contributed by atoms with E-state index in [4.69, 9.17) is 5.73 Å². The summed E-state index contributed by atoms with van der Waals surface area (Å²) in [5.41, 5.74) is 8.73. The number of rotatable bonds is 5. The van der Waals surface area contributed by atoms with Crippen molar-refractivity contribution < 1.29 is 4.79 Å². The van der Waals surface area contributed by atoms with Crippen molar-refractivity contribution in [2.24, 2.45) is 5.73 Å². The van der Waals surface area contributed by atoms with E-state index in [0.29, 0.717) is 26.1 Å². The summed E-state index contributed by atoms with van der Waals surface area (Å²) in [6.45, 7) is 7.62. The second-order valence-electron chi connectivity index (χ2n) is 3.78. The highest BCUT2D eigenvalue weighted by Gasteiger charge is 2.10. The highest BCUT2D eigenvalue weighted by atomic mass is 16.1. The van der Waals surface area contributed by atoms with Gasteiger partial charge in [-0.2, -0.15) is 5.10 Å². The summed E-state index contributed by atoms with van der Waals surface area (Å²) in [5.74, 6) is 0.0596. The monoisotopic (exact) mass is 224 g/mol. The van der Waals surface area contributed by atoms with Gasteiger partial charge < -0.3 is 11.1 Å². The molecule has 0 bridgehead atoms. The molecule has 1 aromatic heterocycles. The van der Waals surface area contributed by atoms with Gasteiger partial charge in [-0.15, -0.1) is 0 Å². The third-order valence-electron chi connectivity index (χ3n) is 2.66. The lowest BCUT2D eigenvalue weighted by Gasteiger charge is -2.05. The van der Waals surface area contributed by atoms with Crippen molar-refractivity contribution in [1.82, 2.24) is 15.1 Å². The predicted octanol–water partition coefficient (Wildman–Crippen LogP) is 0.485. The first-order chi connectivity index (χ1) is 7.60. The Labute approximate surface area is 96.0 Å². The number of hydrogen-bond donors (Lipinski definition) is 2. The summed E-state index contributed by atoms with van der Waals surface area (Å²) in [7, 11) is 0. The van der Waals surface area contributed by atoms with Crippen LogP contribution in [0.3, 0.4) is 0 Å². The zero-order valence-electron chi connectivity index (χ0n) is 10.2. The van der Waals surface area contributed by atoms with Gasteiger partial charge in [-0.05, 0) is 20.8 Å². The molecule has 0 saturated heterocycles. The molecule has 0 atom stereocenters. The molecular weight excluding hydrogens is 204 g/mol. The van der Waals surface area contributed by atoms with E-state index in [1.807, 2.05) is 25.5 Å². The lowest BCUT2D eigenvalue weighted by atomic mass is 10.2. The fourth-order valence-corrected chi connectivity index (χ4v) is 1.74. The molecule has 0 aliphatic carbocycles. The molecule has 0 aliphatic heterocycles. The van der Waals surface area contributed by atoms with Crippen LogP contribution in [0.25, 0.3) is 0 Å². The first-order valence-electron chi connectivity index (χ1n) is 5.59. The molecule has 1 heterocycles. The SMILES string of the molecule is CCNC(=O)CCn1nc(C)c(CN)c1C. The van der Waals surface area contributed by atoms with Gasteiger partial charge in [-0.1, -0.05) is 0 Å². The standard InChI is InChI=1S/C11H20N4O/c1-4-13-11(16)5-6-15-9(3)10(7-12)8(2)14-15/h4-7,12H2,1-3H3,(H,13,16). The smallest absolute Gasteiger partial charge is 0.221 e. The number of nitrogens with zero attached hydrogens (tertiary/aromatic N) is 2. The normalized spacial score (nSPS) is 10.5. The Morgan fingerprint density at radius 2 is 2.19 bits per heavy atom. The van der Waals surface area contributed by atoms with E-state index in [0.717, 1.165) is 17.0 Å². The number of amides is 1. The molecule has 0 saturated carbocycles. The first-order valence-corrected chi connectivity index (χ1v) is 5.59. The van der Waals surface area contributed by atoms with E-state index in [2.05, 4.69) is 10.4 Å². The zero-order chi connectivity index (χ0) is 12.1. The Balaban J connectivity index is 2.64. The van der Waals surface area contributed by atoms with E-state index < -0.39 is 0 Å². The highest BCUT2D eigenvalue weighted by molar-refractivity contribution is 5.75. The third kappa shape index (κ3) is 2.82. The van der Waals surface area contributed by atoms with Crippen molar-refractivity contribution in [2.45, 2.75) is 40.3 Å². The molecule has 3 N–H and O–H groups in total. The summed E-state index contributed by atoms with van der Waals surface area (Å²) in [6, 6.07) is 0. The second-order valence-corrected chi connectivity index (χ2v) is 3.78. The molecule has 0 fully saturated rings. The van der Waals surface area contributed by atoms with Crippen LogP contribution in [-0.4, -0.2) is 22.2 Å². The molecular formula is C11H20N4O. The van der Waals surface area contributed by atoms with Crippen molar-refractivity contribution in [3.8, 4) is 0 Å². The molecule has 0 radical (unpaired) electrons. The van der Waals surface area contributed by atoms with Gasteiger partial charge >= 0.3 is 0 Å². The largest absolute Gasteiger partial charge is 0.356 e. The molecule has 5 nitrogen and oxygen atoms in total. The molecule has 0 spiro atoms. The van der Waals surface area contributed by atoms with Gasteiger partial charge in [0, 0.05) is 37.3 Å². The fraction of sp³-hybridized carbons (Fsp3) is 0.636. The van der Waals surface area contributed by atoms with Crippen LogP contribution in [0.4, 0.5) is 0 Å². The van der Waals surface area contributed by atoms with Gasteiger partial charge in [0.25, 0.3) is 0 Å². The summed E-state index contributed by atoms with van der Waals surface area (Å²) in [4.78, 5) is 11.3. The van der Waals surface area contributed by atoms with Crippen molar-refractivity contribution in [3.63, 3.8) is 0 Å². The first kappa shape index (κ1) is 12.7. The number of carbonyl (C=O) groups is 1. The van der Waals surface area contributed by atoms with Crippen LogP contribution < -0.4 is 11.1 Å². The van der Waals surface area contributed by atoms with Crippen LogP contribution in [0.5, 0.6) is 0 Å². The van der Waals surface area contributed by atoms with Gasteiger partial charge in [0.15, 0.2) is 0 Å². The summed E-state index contributed by atoms with van der Waals surface area (Å²) in [5, 5.41) is 7.14. The molecule has 0 unspecified atom stereocenters. The van der Waals surface area contributed by atoms with E-state index in [1.165, 1.54) is 0 Å². The van der Waals surface area contributed by atoms with Crippen molar-refractivity contribution in [1.29, 1.82) is 0 Å². The second kappa shape index (κ2) is 5.65. The van der Waals surface area contributed by atoms with E-state index >= 15 is 0 Å². The number of aryl methyl sites for hydroxylation is 2. The predicted molar refractivity (Wildman–Crippen MR) is 62.9 cm³/mol. The number of nitrogens with two attached hydrogens (primary N) is 1. The highest BCUT2D eigenvalue weighted by Crippen LogP contribution is 2.12. The lowest BCUT2D eigenvalue weighted by Crippen LogP contribution is -2.24. The Hall–Kier alpha value is -1.36. The van der Waals surface area contributed by atoms with Crippen LogP contribution in [0.1, 0.15) is 30.3 Å². The van der Waals surface area contributed by atoms with E-state index in [9.17, 15) is 4.79 Å². The minimum absolute atomic E-state index is 0.0596. The van der Waals surface area contributed by atoms with Gasteiger partial charge in [0.1, 0.15) is 0 Å². The lowest BCUT2D eigenvalue weighted by molar-refractivity contribution is -0.121. The topological polar surface area (TPSA) is 72.9 Å². The van der Waals surface area contributed by atoms with Gasteiger partial charge in [-0.3, -0.25) is 9.48 Å². The van der Waals surface area contributed by atoms with Gasteiger partial charge in [0.05, 0.1) is 5.69 Å². The average Bonchev–Trinajstić information content (AvgIpc) is 2.51. The average molecular weight is 224 g/mol. The molecule has 0 aromatic carbocycles. The maximum Gasteiger partial charge on any atom is 0.221 e. The van der Waals surface area contributed by atoms with E-state index in [-0.39, 0.29) is 5.91 Å². The summed E-state index contributed by atoms with van der Waals surface area (Å²) >= 11 is 0. The number of aromatic nitrogens is 2. The van der Waals surface area contributed by atoms with Crippen LogP contribution >= 0.6 is 0 Å². The Morgan fingerprint density at radius 1 is 1.50 bits per heavy atom. The Kier molecular flexibility index (Phi) is 4.49. The minimum Gasteiger partial charge on any atom is -0.356 e. The van der Waals surface area contributed by atoms with Crippen molar-refractivity contribution in [2.75, 3.05) is 6.54 Å². The molecule has 1 amide bonds. The van der Waals surface area contributed by atoms with Crippen LogP contribution in [0.2, 0.25) is 0 Å². The fourth-order valence-electron chi connectivity index (χ4n) is 1.74. The van der Waals surface area contributed by atoms with Crippen LogP contribution in [-0.2, 0) is 17.9 Å². The molecule has 1 aromatic rings. The maximum atomic E-state index is 11.3. The molecule has 5 heteroatoms. The minimum atomic E-state index is 0.0596. The summed E-state index contributed by atoms with van der Waals surface area (Å²) in [6.07, 6.45) is 0.458. The Morgan fingerprint density at radius 3 is 2.69 bits per heavy atom. The van der Waals surface area contributed by atoms with Crippen LogP contribution in [0.15, 0.2) is 0 Å². The maximum absolute atomic E-state index is 11.3. The number of hydrogen-bond acceptors (Lipinski definition) is 3. The van der Waals surface area contributed by atoms with E-state index in [1.54, 1.807) is 0 Å². The van der Waals surface area contributed by atoms with Gasteiger partial charge in [0.2, 0.25) is 5.91 Å². The van der Waals surface area contributed by atoms with Crippen LogP contribution in [0, 0.1) is 13.8 Å². The Bertz CT molecular complexity index is 370. The number of carbonyl (C=O) groups excluding carboxylic acids is 1. The molecule has 16 heavy (non-hydrogen) atoms. The molecule has 0 aliphatic rings. The summed E-state index contributed by atoms with van der Waals surface area (Å²) < 4.78 is 1.85. The number of nitrogens with one attached hydrogen (secondary N) is 1. The molecule has 1 rings (SSSR count). The molecule has 90 valence electrons. The zero-order valence-corrected chi connectivity index (χ0v) is 10.2.